The van der Waals surface area contributed by atoms with Crippen LogP contribution in [0.4, 0.5) is 5.69 Å². The normalized spacial score (nSPS) is 11.4. The highest BCUT2D eigenvalue weighted by Crippen LogP contribution is 2.35. The molecule has 3 N–H and O–H groups in total. The van der Waals surface area contributed by atoms with E-state index in [4.69, 9.17) is 9.79 Å². The van der Waals surface area contributed by atoms with Crippen molar-refractivity contribution in [2.75, 3.05) is 11.9 Å². The number of anilines is 1. The van der Waals surface area contributed by atoms with Gasteiger partial charge in [-0.2, -0.15) is 0 Å². The van der Waals surface area contributed by atoms with Gasteiger partial charge in [0.15, 0.2) is 0 Å². The summed E-state index contributed by atoms with van der Waals surface area (Å²) in [7, 11) is -4.51. The van der Waals surface area contributed by atoms with Crippen LogP contribution < -0.4 is 5.32 Å². The van der Waals surface area contributed by atoms with Crippen molar-refractivity contribution in [2.24, 2.45) is 0 Å². The van der Waals surface area contributed by atoms with Crippen molar-refractivity contribution in [3.8, 4) is 0 Å². The van der Waals surface area contributed by atoms with Gasteiger partial charge in [0.1, 0.15) is 0 Å². The highest BCUT2D eigenvalue weighted by molar-refractivity contribution is 7.46. The number of unbranched alkanes of at least 4 members (excludes halogenated alkanes) is 3. The van der Waals surface area contributed by atoms with Gasteiger partial charge in [0.05, 0.1) is 13.0 Å². The van der Waals surface area contributed by atoms with E-state index in [-0.39, 0.29) is 18.9 Å². The molecule has 0 aromatic heterocycles. The first-order valence-electron chi connectivity index (χ1n) is 7.49. The van der Waals surface area contributed by atoms with Gasteiger partial charge in [-0.15, -0.1) is 0 Å². The van der Waals surface area contributed by atoms with Gasteiger partial charge in [0.25, 0.3) is 0 Å². The zero-order valence-corrected chi connectivity index (χ0v) is 13.7. The molecule has 0 aliphatic rings. The third kappa shape index (κ3) is 8.95. The largest absolute Gasteiger partial charge is 0.469 e. The molecule has 7 heteroatoms. The van der Waals surface area contributed by atoms with Gasteiger partial charge in [-0.3, -0.25) is 9.32 Å². The Morgan fingerprint density at radius 3 is 2.73 bits per heavy atom. The Morgan fingerprint density at radius 2 is 2.05 bits per heavy atom. The molecule has 0 fully saturated rings. The molecule has 124 valence electrons. The van der Waals surface area contributed by atoms with Crippen LogP contribution in [0.15, 0.2) is 24.3 Å². The monoisotopic (exact) mass is 329 g/mol. The zero-order valence-electron chi connectivity index (χ0n) is 12.8. The average Bonchev–Trinajstić information content (AvgIpc) is 2.42. The SMILES string of the molecule is CCCCCCc1cccc(NC(=O)CCOP(=O)(O)O)c1. The first kappa shape index (κ1) is 18.8. The lowest BCUT2D eigenvalue weighted by atomic mass is 10.1. The second-order valence-corrected chi connectivity index (χ2v) is 6.37. The van der Waals surface area contributed by atoms with Crippen LogP contribution in [0.3, 0.4) is 0 Å². The van der Waals surface area contributed by atoms with Gasteiger partial charge in [0.2, 0.25) is 5.91 Å². The quantitative estimate of drug-likeness (QED) is 0.452. The smallest absolute Gasteiger partial charge is 0.326 e. The summed E-state index contributed by atoms with van der Waals surface area (Å²) in [6.07, 6.45) is 5.63. The molecule has 0 atom stereocenters. The maximum atomic E-state index is 11.7. The van der Waals surface area contributed by atoms with E-state index < -0.39 is 7.82 Å². The molecule has 0 heterocycles. The fraction of sp³-hybridized carbons (Fsp3) is 0.533. The maximum Gasteiger partial charge on any atom is 0.469 e. The highest BCUT2D eigenvalue weighted by atomic mass is 31.2. The van der Waals surface area contributed by atoms with Crippen LogP contribution in [-0.2, 0) is 20.3 Å². The van der Waals surface area contributed by atoms with E-state index in [0.717, 1.165) is 12.8 Å². The predicted octanol–water partition coefficient (Wildman–Crippen LogP) is 3.25. The molecule has 0 aliphatic heterocycles. The molecule has 0 unspecified atom stereocenters. The van der Waals surface area contributed by atoms with Crippen LogP contribution in [0.5, 0.6) is 0 Å². The fourth-order valence-electron chi connectivity index (χ4n) is 2.04. The Morgan fingerprint density at radius 1 is 1.27 bits per heavy atom. The number of phosphoric acid groups is 1. The van der Waals surface area contributed by atoms with Gasteiger partial charge < -0.3 is 15.1 Å². The summed E-state index contributed by atoms with van der Waals surface area (Å²) < 4.78 is 14.7. The van der Waals surface area contributed by atoms with Crippen molar-refractivity contribution in [1.82, 2.24) is 0 Å². The third-order valence-electron chi connectivity index (χ3n) is 3.12. The van der Waals surface area contributed by atoms with E-state index in [0.29, 0.717) is 5.69 Å². The van der Waals surface area contributed by atoms with Crippen molar-refractivity contribution in [1.29, 1.82) is 0 Å². The predicted molar refractivity (Wildman–Crippen MR) is 85.5 cm³/mol. The summed E-state index contributed by atoms with van der Waals surface area (Å²) in [5.41, 5.74) is 1.86. The number of hydrogen-bond acceptors (Lipinski definition) is 3. The van der Waals surface area contributed by atoms with E-state index in [1.54, 1.807) is 6.07 Å². The minimum atomic E-state index is -4.51. The topological polar surface area (TPSA) is 95.9 Å². The molecule has 22 heavy (non-hydrogen) atoms. The van der Waals surface area contributed by atoms with Crippen molar-refractivity contribution in [3.05, 3.63) is 29.8 Å². The molecule has 6 nitrogen and oxygen atoms in total. The Bertz CT molecular complexity index is 514. The fourth-order valence-corrected chi connectivity index (χ4v) is 2.37. The summed E-state index contributed by atoms with van der Waals surface area (Å²) >= 11 is 0. The molecule has 0 bridgehead atoms. The number of nitrogens with one attached hydrogen (secondary N) is 1. The Labute approximate surface area is 131 Å². The summed E-state index contributed by atoms with van der Waals surface area (Å²) in [6, 6.07) is 7.63. The molecule has 1 rings (SSSR count). The number of hydrogen-bond donors (Lipinski definition) is 3. The summed E-state index contributed by atoms with van der Waals surface area (Å²) in [4.78, 5) is 28.7. The zero-order chi connectivity index (χ0) is 16.4. The molecule has 1 aromatic carbocycles. The van der Waals surface area contributed by atoms with Gasteiger partial charge in [-0.25, -0.2) is 4.57 Å². The number of rotatable bonds is 10. The lowest BCUT2D eigenvalue weighted by Crippen LogP contribution is -2.13. The van der Waals surface area contributed by atoms with Crippen LogP contribution in [0, 0.1) is 0 Å². The Balaban J connectivity index is 2.38. The highest BCUT2D eigenvalue weighted by Gasteiger charge is 2.14. The molecule has 1 amide bonds. The van der Waals surface area contributed by atoms with Gasteiger partial charge >= 0.3 is 7.82 Å². The number of benzene rings is 1. The third-order valence-corrected chi connectivity index (χ3v) is 3.64. The van der Waals surface area contributed by atoms with E-state index in [1.807, 2.05) is 18.2 Å². The Kier molecular flexibility index (Phi) is 8.35. The number of carbonyl (C=O) groups excluding carboxylic acids is 1. The molecule has 0 saturated heterocycles. The standard InChI is InChI=1S/C15H24NO5P/c1-2-3-4-5-7-13-8-6-9-14(12-13)16-15(17)10-11-21-22(18,19)20/h6,8-9,12H,2-5,7,10-11H2,1H3,(H,16,17)(H2,18,19,20). The van der Waals surface area contributed by atoms with Crippen LogP contribution in [0.2, 0.25) is 0 Å². The van der Waals surface area contributed by atoms with E-state index in [1.165, 1.54) is 24.8 Å². The second kappa shape index (κ2) is 9.74. The first-order valence-corrected chi connectivity index (χ1v) is 9.02. The molecule has 0 radical (unpaired) electrons. The van der Waals surface area contributed by atoms with Gasteiger partial charge in [0, 0.05) is 5.69 Å². The van der Waals surface area contributed by atoms with E-state index in [2.05, 4.69) is 16.8 Å². The first-order chi connectivity index (χ1) is 10.4. The molecular weight excluding hydrogens is 305 g/mol. The van der Waals surface area contributed by atoms with Crippen molar-refractivity contribution in [2.45, 2.75) is 45.4 Å². The van der Waals surface area contributed by atoms with Gasteiger partial charge in [-0.1, -0.05) is 38.3 Å². The number of amides is 1. The lowest BCUT2D eigenvalue weighted by molar-refractivity contribution is -0.116. The minimum absolute atomic E-state index is 0.105. The summed E-state index contributed by atoms with van der Waals surface area (Å²) in [6.45, 7) is 1.86. The van der Waals surface area contributed by atoms with Crippen molar-refractivity contribution >= 4 is 19.4 Å². The Hall–Kier alpha value is -1.20. The van der Waals surface area contributed by atoms with Crippen molar-refractivity contribution < 1.29 is 23.7 Å². The van der Waals surface area contributed by atoms with Crippen LogP contribution in [0.1, 0.15) is 44.6 Å². The van der Waals surface area contributed by atoms with E-state index in [9.17, 15) is 9.36 Å². The van der Waals surface area contributed by atoms with Gasteiger partial charge in [-0.05, 0) is 30.5 Å². The average molecular weight is 329 g/mol. The molecule has 1 aromatic rings. The minimum Gasteiger partial charge on any atom is -0.326 e. The lowest BCUT2D eigenvalue weighted by Gasteiger charge is -2.08. The van der Waals surface area contributed by atoms with Crippen LogP contribution in [0.25, 0.3) is 0 Å². The van der Waals surface area contributed by atoms with E-state index >= 15 is 0 Å². The maximum absolute atomic E-state index is 11.7. The molecule has 0 aliphatic carbocycles. The number of carbonyl (C=O) groups is 1. The molecular formula is C15H24NO5P. The second-order valence-electron chi connectivity index (χ2n) is 5.13. The van der Waals surface area contributed by atoms with Crippen LogP contribution in [-0.4, -0.2) is 22.3 Å². The molecule has 0 spiro atoms. The number of aryl methyl sites for hydroxylation is 1. The summed E-state index contributed by atoms with van der Waals surface area (Å²) in [5.74, 6) is -0.336. The molecule has 0 saturated carbocycles. The van der Waals surface area contributed by atoms with Crippen molar-refractivity contribution in [3.63, 3.8) is 0 Å². The summed E-state index contributed by atoms with van der Waals surface area (Å²) in [5, 5.41) is 2.70. The van der Waals surface area contributed by atoms with Crippen LogP contribution >= 0.6 is 7.82 Å². The number of phosphoric ester groups is 1.